The first kappa shape index (κ1) is 25.6. The molecule has 0 aliphatic carbocycles. The molecule has 2 aromatic carbocycles. The van der Waals surface area contributed by atoms with Gasteiger partial charge in [0.2, 0.25) is 0 Å². The molecule has 2 heteroatoms. The van der Waals surface area contributed by atoms with Crippen molar-refractivity contribution in [3.05, 3.63) is 72.1 Å². The van der Waals surface area contributed by atoms with Crippen LogP contribution < -0.4 is 0 Å². The van der Waals surface area contributed by atoms with Gasteiger partial charge in [0.1, 0.15) is 0 Å². The van der Waals surface area contributed by atoms with E-state index in [4.69, 9.17) is 0 Å². The molecule has 0 fully saturated rings. The van der Waals surface area contributed by atoms with E-state index in [0.717, 1.165) is 22.5 Å². The van der Waals surface area contributed by atoms with Crippen molar-refractivity contribution in [1.29, 1.82) is 0 Å². The zero-order valence-corrected chi connectivity index (χ0v) is 20.7. The average Bonchev–Trinajstić information content (AvgIpc) is 2.76. The van der Waals surface area contributed by atoms with E-state index in [1.54, 1.807) is 0 Å². The van der Waals surface area contributed by atoms with E-state index in [0.29, 0.717) is 0 Å². The smallest absolute Gasteiger partial charge is 0.159 e. The maximum Gasteiger partial charge on any atom is 0.159 e. The van der Waals surface area contributed by atoms with Crippen LogP contribution in [0.15, 0.2) is 60.9 Å². The van der Waals surface area contributed by atoms with Gasteiger partial charge >= 0.3 is 0 Å². The van der Waals surface area contributed by atoms with Crippen molar-refractivity contribution in [3.8, 4) is 22.5 Å². The third-order valence-corrected chi connectivity index (χ3v) is 4.75. The van der Waals surface area contributed by atoms with Gasteiger partial charge in [-0.05, 0) is 27.5 Å². The Morgan fingerprint density at radius 1 is 0.467 bits per heavy atom. The van der Waals surface area contributed by atoms with Gasteiger partial charge in [0.25, 0.3) is 0 Å². The van der Waals surface area contributed by atoms with Crippen LogP contribution in [-0.4, -0.2) is 9.97 Å². The molecule has 0 aliphatic heterocycles. The normalized spacial score (nSPS) is 11.0. The Labute approximate surface area is 184 Å². The van der Waals surface area contributed by atoms with Gasteiger partial charge in [-0.1, -0.05) is 118 Å². The Bertz CT molecular complexity index is 784. The minimum Gasteiger partial charge on any atom is -0.236 e. The molecule has 0 bridgehead atoms. The molecule has 0 aliphatic rings. The summed E-state index contributed by atoms with van der Waals surface area (Å²) in [5, 5.41) is 0. The molecule has 2 nitrogen and oxygen atoms in total. The standard InChI is InChI=1S/C24H28N2.2C2H6/c1-23(2,3)20-11-7-17(8-12-20)19-15-25-22(26-16-19)18-9-13-21(14-10-18)24(4,5)6;2*1-2/h7-16H,1-6H3;2*1-2H3. The molecule has 0 amide bonds. The molecule has 0 saturated carbocycles. The van der Waals surface area contributed by atoms with E-state index >= 15 is 0 Å². The van der Waals surface area contributed by atoms with Gasteiger partial charge in [0.15, 0.2) is 5.82 Å². The summed E-state index contributed by atoms with van der Waals surface area (Å²) in [6.07, 6.45) is 3.82. The van der Waals surface area contributed by atoms with E-state index in [2.05, 4.69) is 100 Å². The zero-order valence-electron chi connectivity index (χ0n) is 20.7. The van der Waals surface area contributed by atoms with Crippen LogP contribution >= 0.6 is 0 Å². The van der Waals surface area contributed by atoms with Crippen molar-refractivity contribution in [1.82, 2.24) is 9.97 Å². The molecule has 1 aromatic heterocycles. The van der Waals surface area contributed by atoms with Crippen molar-refractivity contribution in [2.45, 2.75) is 80.1 Å². The van der Waals surface area contributed by atoms with Crippen molar-refractivity contribution in [2.24, 2.45) is 0 Å². The molecule has 0 atom stereocenters. The molecule has 30 heavy (non-hydrogen) atoms. The number of hydrogen-bond acceptors (Lipinski definition) is 2. The minimum atomic E-state index is 0.155. The first-order chi connectivity index (χ1) is 14.1. The number of aromatic nitrogens is 2. The Morgan fingerprint density at radius 2 is 0.800 bits per heavy atom. The zero-order chi connectivity index (χ0) is 22.9. The second kappa shape index (κ2) is 11.1. The van der Waals surface area contributed by atoms with Gasteiger partial charge < -0.3 is 0 Å². The number of nitrogens with zero attached hydrogens (tertiary/aromatic N) is 2. The largest absolute Gasteiger partial charge is 0.236 e. The first-order valence-corrected chi connectivity index (χ1v) is 11.2. The molecule has 3 aromatic rings. The number of benzene rings is 2. The minimum absolute atomic E-state index is 0.155. The summed E-state index contributed by atoms with van der Waals surface area (Å²) in [4.78, 5) is 9.15. The van der Waals surface area contributed by atoms with Crippen LogP contribution in [0.4, 0.5) is 0 Å². The third-order valence-electron chi connectivity index (χ3n) is 4.75. The second-order valence-corrected chi connectivity index (χ2v) is 8.95. The van der Waals surface area contributed by atoms with E-state index in [1.165, 1.54) is 11.1 Å². The van der Waals surface area contributed by atoms with Crippen molar-refractivity contribution < 1.29 is 0 Å². The van der Waals surface area contributed by atoms with Gasteiger partial charge in [-0.3, -0.25) is 0 Å². The van der Waals surface area contributed by atoms with Gasteiger partial charge in [-0.2, -0.15) is 0 Å². The molecule has 162 valence electrons. The maximum atomic E-state index is 4.58. The number of hydrogen-bond donors (Lipinski definition) is 0. The predicted molar refractivity (Wildman–Crippen MR) is 133 cm³/mol. The molecule has 3 rings (SSSR count). The SMILES string of the molecule is CC.CC.CC(C)(C)c1ccc(-c2cnc(-c3ccc(C(C)(C)C)cc3)nc2)cc1. The quantitative estimate of drug-likeness (QED) is 0.428. The predicted octanol–water partition coefficient (Wildman–Crippen LogP) is 8.46. The van der Waals surface area contributed by atoms with Crippen LogP contribution in [-0.2, 0) is 10.8 Å². The topological polar surface area (TPSA) is 25.8 Å². The molecular formula is C28H40N2. The highest BCUT2D eigenvalue weighted by Crippen LogP contribution is 2.27. The van der Waals surface area contributed by atoms with Crippen LogP contribution in [0.3, 0.4) is 0 Å². The van der Waals surface area contributed by atoms with E-state index < -0.39 is 0 Å². The summed E-state index contributed by atoms with van der Waals surface area (Å²) in [6.45, 7) is 21.3. The monoisotopic (exact) mass is 404 g/mol. The average molecular weight is 405 g/mol. The van der Waals surface area contributed by atoms with E-state index in [9.17, 15) is 0 Å². The highest BCUT2D eigenvalue weighted by Gasteiger charge is 2.14. The first-order valence-electron chi connectivity index (χ1n) is 11.2. The lowest BCUT2D eigenvalue weighted by Gasteiger charge is -2.19. The molecule has 0 N–H and O–H groups in total. The van der Waals surface area contributed by atoms with E-state index in [-0.39, 0.29) is 10.8 Å². The van der Waals surface area contributed by atoms with Crippen LogP contribution in [0, 0.1) is 0 Å². The summed E-state index contributed by atoms with van der Waals surface area (Å²) < 4.78 is 0. The Hall–Kier alpha value is -2.48. The van der Waals surface area contributed by atoms with Gasteiger partial charge in [-0.25, -0.2) is 9.97 Å². The van der Waals surface area contributed by atoms with Gasteiger partial charge in [0.05, 0.1) is 0 Å². The summed E-state index contributed by atoms with van der Waals surface area (Å²) in [7, 11) is 0. The van der Waals surface area contributed by atoms with Crippen molar-refractivity contribution in [3.63, 3.8) is 0 Å². The Kier molecular flexibility index (Phi) is 9.42. The third kappa shape index (κ3) is 6.79. The Balaban J connectivity index is 0.00000106. The summed E-state index contributed by atoms with van der Waals surface area (Å²) in [5.41, 5.74) is 6.20. The Morgan fingerprint density at radius 3 is 1.13 bits per heavy atom. The van der Waals surface area contributed by atoms with Crippen molar-refractivity contribution in [2.75, 3.05) is 0 Å². The molecule has 0 spiro atoms. The van der Waals surface area contributed by atoms with Gasteiger partial charge in [0, 0.05) is 23.5 Å². The molecular weight excluding hydrogens is 364 g/mol. The molecule has 0 unspecified atom stereocenters. The summed E-state index contributed by atoms with van der Waals surface area (Å²) >= 11 is 0. The lowest BCUT2D eigenvalue weighted by Crippen LogP contribution is -2.10. The molecule has 0 saturated heterocycles. The summed E-state index contributed by atoms with van der Waals surface area (Å²) in [5.74, 6) is 0.764. The maximum absolute atomic E-state index is 4.58. The second-order valence-electron chi connectivity index (χ2n) is 8.95. The highest BCUT2D eigenvalue weighted by atomic mass is 14.9. The van der Waals surface area contributed by atoms with Crippen LogP contribution in [0.5, 0.6) is 0 Å². The highest BCUT2D eigenvalue weighted by molar-refractivity contribution is 5.64. The van der Waals surface area contributed by atoms with Crippen LogP contribution in [0.25, 0.3) is 22.5 Å². The van der Waals surface area contributed by atoms with Crippen LogP contribution in [0.2, 0.25) is 0 Å². The molecule has 0 radical (unpaired) electrons. The van der Waals surface area contributed by atoms with Gasteiger partial charge in [-0.15, -0.1) is 0 Å². The van der Waals surface area contributed by atoms with E-state index in [1.807, 2.05) is 40.1 Å². The fourth-order valence-corrected chi connectivity index (χ4v) is 2.91. The number of rotatable bonds is 2. The fraction of sp³-hybridized carbons (Fsp3) is 0.429. The summed E-state index contributed by atoms with van der Waals surface area (Å²) in [6, 6.07) is 17.2. The lowest BCUT2D eigenvalue weighted by atomic mass is 9.86. The molecule has 1 heterocycles. The van der Waals surface area contributed by atoms with Crippen molar-refractivity contribution >= 4 is 0 Å². The fourth-order valence-electron chi connectivity index (χ4n) is 2.91. The lowest BCUT2D eigenvalue weighted by molar-refractivity contribution is 0.590. The van der Waals surface area contributed by atoms with Crippen LogP contribution in [0.1, 0.15) is 80.4 Å².